The van der Waals surface area contributed by atoms with Crippen LogP contribution < -0.4 is 10.6 Å². The number of fused-ring (bicyclic) bond motifs is 1. The number of primary amides is 1. The highest BCUT2D eigenvalue weighted by Crippen LogP contribution is 2.33. The van der Waals surface area contributed by atoms with E-state index in [1.807, 2.05) is 6.07 Å². The van der Waals surface area contributed by atoms with E-state index in [2.05, 4.69) is 34.1 Å². The number of hydrogen-bond donors (Lipinski definition) is 1. The predicted octanol–water partition coefficient (Wildman–Crippen LogP) is 2.53. The topological polar surface area (TPSA) is 72.4 Å². The Kier molecular flexibility index (Phi) is 2.85. The highest BCUT2D eigenvalue weighted by Gasteiger charge is 2.31. The average Bonchev–Trinajstić information content (AvgIpc) is 2.89. The molecule has 3 aromatic rings. The number of benzene rings is 2. The lowest BCUT2D eigenvalue weighted by atomic mass is 9.92. The highest BCUT2D eigenvalue weighted by molar-refractivity contribution is 6.03. The van der Waals surface area contributed by atoms with Crippen molar-refractivity contribution in [1.29, 1.82) is 0 Å². The Balaban J connectivity index is 1.59. The summed E-state index contributed by atoms with van der Waals surface area (Å²) in [6.45, 7) is 1.73. The number of rotatable bonds is 3. The maximum atomic E-state index is 11.4. The second-order valence-electron chi connectivity index (χ2n) is 5.53. The Hall–Kier alpha value is -2.82. The van der Waals surface area contributed by atoms with Crippen LogP contribution in [0.25, 0.3) is 11.1 Å². The molecular weight excluding hydrogens is 278 g/mol. The maximum absolute atomic E-state index is 11.4. The Morgan fingerprint density at radius 1 is 1.14 bits per heavy atom. The van der Waals surface area contributed by atoms with Gasteiger partial charge in [-0.3, -0.25) is 4.79 Å². The zero-order valence-corrected chi connectivity index (χ0v) is 11.9. The van der Waals surface area contributed by atoms with E-state index in [1.54, 1.807) is 18.2 Å². The zero-order chi connectivity index (χ0) is 15.1. The van der Waals surface area contributed by atoms with E-state index in [0.29, 0.717) is 28.6 Å². The lowest BCUT2D eigenvalue weighted by molar-refractivity contribution is 0.100. The van der Waals surface area contributed by atoms with Crippen molar-refractivity contribution in [2.75, 3.05) is 18.0 Å². The first-order chi connectivity index (χ1) is 10.7. The van der Waals surface area contributed by atoms with Gasteiger partial charge >= 0.3 is 0 Å². The molecule has 1 saturated heterocycles. The zero-order valence-electron chi connectivity index (χ0n) is 11.9. The summed E-state index contributed by atoms with van der Waals surface area (Å²) in [6.07, 6.45) is 0. The van der Waals surface area contributed by atoms with Crippen LogP contribution >= 0.6 is 0 Å². The Morgan fingerprint density at radius 3 is 2.64 bits per heavy atom. The number of nitrogens with two attached hydrogens (primary N) is 1. The molecule has 0 saturated carbocycles. The van der Waals surface area contributed by atoms with Crippen molar-refractivity contribution in [1.82, 2.24) is 4.98 Å². The van der Waals surface area contributed by atoms with Crippen molar-refractivity contribution in [2.24, 2.45) is 5.73 Å². The van der Waals surface area contributed by atoms with Crippen molar-refractivity contribution >= 4 is 23.0 Å². The molecule has 5 heteroatoms. The second kappa shape index (κ2) is 4.87. The molecule has 5 nitrogen and oxygen atoms in total. The van der Waals surface area contributed by atoms with Gasteiger partial charge in [-0.05, 0) is 17.7 Å². The molecule has 0 radical (unpaired) electrons. The molecule has 0 unspecified atom stereocenters. The molecule has 0 spiro atoms. The summed E-state index contributed by atoms with van der Waals surface area (Å²) in [5.74, 6) is 0.00282. The minimum atomic E-state index is -0.490. The summed E-state index contributed by atoms with van der Waals surface area (Å²) < 4.78 is 5.75. The van der Waals surface area contributed by atoms with Gasteiger partial charge in [0.1, 0.15) is 5.52 Å². The molecule has 1 amide bonds. The smallest absolute Gasteiger partial charge is 0.298 e. The number of aromatic nitrogens is 1. The molecule has 1 aliphatic rings. The van der Waals surface area contributed by atoms with Gasteiger partial charge in [0, 0.05) is 19.0 Å². The lowest BCUT2D eigenvalue weighted by Gasteiger charge is -2.38. The second-order valence-corrected chi connectivity index (χ2v) is 5.53. The highest BCUT2D eigenvalue weighted by atomic mass is 16.4. The van der Waals surface area contributed by atoms with E-state index in [1.165, 1.54) is 5.56 Å². The fraction of sp³-hybridized carbons (Fsp3) is 0.176. The van der Waals surface area contributed by atoms with Crippen LogP contribution in [0.4, 0.5) is 6.01 Å². The van der Waals surface area contributed by atoms with Crippen LogP contribution in [0.3, 0.4) is 0 Å². The SMILES string of the molecule is NC(=O)c1cccc2oc(N3CC(c4ccccc4)C3)nc12. The van der Waals surface area contributed by atoms with Crippen molar-refractivity contribution < 1.29 is 9.21 Å². The summed E-state index contributed by atoms with van der Waals surface area (Å²) in [5.41, 5.74) is 8.23. The normalized spacial score (nSPS) is 15.0. The van der Waals surface area contributed by atoms with Crippen LogP contribution in [0.15, 0.2) is 52.9 Å². The molecular formula is C17H15N3O2. The quantitative estimate of drug-likeness (QED) is 0.805. The van der Waals surface area contributed by atoms with E-state index in [-0.39, 0.29) is 0 Å². The standard InChI is InChI=1S/C17H15N3O2/c18-16(21)13-7-4-8-14-15(13)19-17(22-14)20-9-12(10-20)11-5-2-1-3-6-11/h1-8,12H,9-10H2,(H2,18,21). The fourth-order valence-electron chi connectivity index (χ4n) is 2.84. The van der Waals surface area contributed by atoms with Crippen LogP contribution in [0.2, 0.25) is 0 Å². The van der Waals surface area contributed by atoms with Gasteiger partial charge in [-0.2, -0.15) is 4.98 Å². The van der Waals surface area contributed by atoms with Crippen LogP contribution in [0.1, 0.15) is 21.8 Å². The number of para-hydroxylation sites is 1. The molecule has 2 N–H and O–H groups in total. The third-order valence-electron chi connectivity index (χ3n) is 4.10. The molecule has 4 rings (SSSR count). The minimum absolute atomic E-state index is 0.396. The summed E-state index contributed by atoms with van der Waals surface area (Å²) in [4.78, 5) is 18.0. The van der Waals surface area contributed by atoms with Gasteiger partial charge in [0.15, 0.2) is 5.58 Å². The van der Waals surface area contributed by atoms with Gasteiger partial charge in [-0.15, -0.1) is 0 Å². The van der Waals surface area contributed by atoms with Gasteiger partial charge in [0.05, 0.1) is 5.56 Å². The number of anilines is 1. The molecule has 2 heterocycles. The van der Waals surface area contributed by atoms with Gasteiger partial charge in [-0.1, -0.05) is 36.4 Å². The third-order valence-corrected chi connectivity index (χ3v) is 4.10. The lowest BCUT2D eigenvalue weighted by Crippen LogP contribution is -2.45. The molecule has 1 aliphatic heterocycles. The van der Waals surface area contributed by atoms with Gasteiger partial charge in [0.25, 0.3) is 11.9 Å². The van der Waals surface area contributed by atoms with Crippen molar-refractivity contribution in [2.45, 2.75) is 5.92 Å². The largest absolute Gasteiger partial charge is 0.423 e. The molecule has 0 bridgehead atoms. The summed E-state index contributed by atoms with van der Waals surface area (Å²) >= 11 is 0. The van der Waals surface area contributed by atoms with E-state index in [0.717, 1.165) is 13.1 Å². The van der Waals surface area contributed by atoms with Crippen molar-refractivity contribution in [3.63, 3.8) is 0 Å². The summed E-state index contributed by atoms with van der Waals surface area (Å²) in [5, 5.41) is 0. The predicted molar refractivity (Wildman–Crippen MR) is 83.9 cm³/mol. The summed E-state index contributed by atoms with van der Waals surface area (Å²) in [7, 11) is 0. The van der Waals surface area contributed by atoms with Crippen LogP contribution in [0.5, 0.6) is 0 Å². The number of carbonyl (C=O) groups excluding carboxylic acids is 1. The van der Waals surface area contributed by atoms with Crippen molar-refractivity contribution in [3.8, 4) is 0 Å². The fourth-order valence-corrected chi connectivity index (χ4v) is 2.84. The Labute approximate surface area is 127 Å². The number of oxazole rings is 1. The third kappa shape index (κ3) is 2.02. The van der Waals surface area contributed by atoms with E-state index in [9.17, 15) is 4.79 Å². The molecule has 0 atom stereocenters. The molecule has 1 aromatic heterocycles. The van der Waals surface area contributed by atoms with E-state index < -0.39 is 5.91 Å². The van der Waals surface area contributed by atoms with Gasteiger partial charge < -0.3 is 15.1 Å². The first-order valence-electron chi connectivity index (χ1n) is 7.21. The number of nitrogens with zero attached hydrogens (tertiary/aromatic N) is 2. The van der Waals surface area contributed by atoms with Crippen LogP contribution in [-0.4, -0.2) is 24.0 Å². The monoisotopic (exact) mass is 293 g/mol. The van der Waals surface area contributed by atoms with Crippen molar-refractivity contribution in [3.05, 3.63) is 59.7 Å². The Bertz CT molecular complexity index is 835. The molecule has 0 aliphatic carbocycles. The molecule has 110 valence electrons. The maximum Gasteiger partial charge on any atom is 0.298 e. The van der Waals surface area contributed by atoms with Crippen LogP contribution in [-0.2, 0) is 0 Å². The average molecular weight is 293 g/mol. The first-order valence-corrected chi connectivity index (χ1v) is 7.21. The van der Waals surface area contributed by atoms with Crippen LogP contribution in [0, 0.1) is 0 Å². The van der Waals surface area contributed by atoms with Gasteiger partial charge in [-0.25, -0.2) is 0 Å². The molecule has 2 aromatic carbocycles. The Morgan fingerprint density at radius 2 is 1.91 bits per heavy atom. The van der Waals surface area contributed by atoms with E-state index in [4.69, 9.17) is 10.2 Å². The number of carbonyl (C=O) groups is 1. The van der Waals surface area contributed by atoms with E-state index >= 15 is 0 Å². The first kappa shape index (κ1) is 12.9. The number of hydrogen-bond acceptors (Lipinski definition) is 4. The molecule has 1 fully saturated rings. The number of amides is 1. The van der Waals surface area contributed by atoms with Gasteiger partial charge in [0.2, 0.25) is 0 Å². The minimum Gasteiger partial charge on any atom is -0.423 e. The molecule has 22 heavy (non-hydrogen) atoms. The summed E-state index contributed by atoms with van der Waals surface area (Å²) in [6, 6.07) is 16.2.